The van der Waals surface area contributed by atoms with Crippen LogP contribution < -0.4 is 10.6 Å². The summed E-state index contributed by atoms with van der Waals surface area (Å²) in [7, 11) is 1.94. The second kappa shape index (κ2) is 6.49. The molecule has 21 heavy (non-hydrogen) atoms. The minimum absolute atomic E-state index is 0.0125. The molecule has 1 aromatic rings. The molecule has 6 heteroatoms. The Balaban J connectivity index is 1.85. The Kier molecular flexibility index (Phi) is 4.90. The van der Waals surface area contributed by atoms with E-state index in [1.165, 1.54) is 6.07 Å². The van der Waals surface area contributed by atoms with Crippen molar-refractivity contribution in [1.29, 1.82) is 0 Å². The fourth-order valence-electron chi connectivity index (χ4n) is 2.44. The number of rotatable bonds is 4. The second-order valence-corrected chi connectivity index (χ2v) is 5.76. The van der Waals surface area contributed by atoms with Crippen molar-refractivity contribution in [2.24, 2.45) is 0 Å². The highest BCUT2D eigenvalue weighted by Gasteiger charge is 2.28. The van der Waals surface area contributed by atoms with Gasteiger partial charge in [0.05, 0.1) is 12.2 Å². The standard InChI is InChI=1S/C15H21F2N3O/c1-15(18-2)5-7-20(8-6-15)10-14(21)19-13-4-3-11(16)9-12(13)17/h3-4,9,18H,5-8,10H2,1-2H3,(H,19,21). The van der Waals surface area contributed by atoms with Gasteiger partial charge in [0.15, 0.2) is 0 Å². The lowest BCUT2D eigenvalue weighted by Gasteiger charge is -2.39. The van der Waals surface area contributed by atoms with Gasteiger partial charge in [-0.1, -0.05) is 0 Å². The monoisotopic (exact) mass is 297 g/mol. The lowest BCUT2D eigenvalue weighted by Crippen LogP contribution is -2.51. The summed E-state index contributed by atoms with van der Waals surface area (Å²) in [6.07, 6.45) is 1.92. The number of anilines is 1. The quantitative estimate of drug-likeness (QED) is 0.893. The van der Waals surface area contributed by atoms with Gasteiger partial charge in [-0.05, 0) is 38.9 Å². The number of benzene rings is 1. The van der Waals surface area contributed by atoms with E-state index < -0.39 is 11.6 Å². The minimum Gasteiger partial charge on any atom is -0.322 e. The first-order chi connectivity index (χ1) is 9.92. The average molecular weight is 297 g/mol. The van der Waals surface area contributed by atoms with Gasteiger partial charge in [-0.3, -0.25) is 9.69 Å². The predicted molar refractivity (Wildman–Crippen MR) is 78.1 cm³/mol. The second-order valence-electron chi connectivity index (χ2n) is 5.76. The van der Waals surface area contributed by atoms with Crippen molar-refractivity contribution < 1.29 is 13.6 Å². The van der Waals surface area contributed by atoms with E-state index in [0.717, 1.165) is 38.1 Å². The van der Waals surface area contributed by atoms with Crippen molar-refractivity contribution in [3.8, 4) is 0 Å². The number of carbonyl (C=O) groups is 1. The third-order valence-electron chi connectivity index (χ3n) is 4.14. The predicted octanol–water partition coefficient (Wildman–Crippen LogP) is 1.98. The Morgan fingerprint density at radius 1 is 1.33 bits per heavy atom. The first kappa shape index (κ1) is 15.9. The van der Waals surface area contributed by atoms with Crippen LogP contribution in [-0.4, -0.2) is 43.0 Å². The van der Waals surface area contributed by atoms with Gasteiger partial charge in [0.25, 0.3) is 0 Å². The molecule has 0 saturated carbocycles. The van der Waals surface area contributed by atoms with Crippen molar-refractivity contribution in [1.82, 2.24) is 10.2 Å². The molecule has 0 atom stereocenters. The van der Waals surface area contributed by atoms with Crippen LogP contribution in [0.15, 0.2) is 18.2 Å². The average Bonchev–Trinajstić information content (AvgIpc) is 2.45. The summed E-state index contributed by atoms with van der Waals surface area (Å²) >= 11 is 0. The largest absolute Gasteiger partial charge is 0.322 e. The molecule has 0 spiro atoms. The van der Waals surface area contributed by atoms with Crippen molar-refractivity contribution in [2.45, 2.75) is 25.3 Å². The summed E-state index contributed by atoms with van der Waals surface area (Å²) in [5.74, 6) is -1.70. The van der Waals surface area contributed by atoms with Crippen LogP contribution in [-0.2, 0) is 4.79 Å². The number of halogens is 2. The number of hydrogen-bond donors (Lipinski definition) is 2. The molecule has 0 bridgehead atoms. The molecule has 1 heterocycles. The summed E-state index contributed by atoms with van der Waals surface area (Å²) < 4.78 is 26.3. The van der Waals surface area contributed by atoms with E-state index in [2.05, 4.69) is 17.6 Å². The highest BCUT2D eigenvalue weighted by atomic mass is 19.1. The van der Waals surface area contributed by atoms with E-state index >= 15 is 0 Å². The van der Waals surface area contributed by atoms with Crippen molar-refractivity contribution in [2.75, 3.05) is 32.0 Å². The van der Waals surface area contributed by atoms with Crippen LogP contribution in [0.3, 0.4) is 0 Å². The fraction of sp³-hybridized carbons (Fsp3) is 0.533. The molecule has 1 aromatic carbocycles. The van der Waals surface area contributed by atoms with Gasteiger partial charge in [-0.15, -0.1) is 0 Å². The van der Waals surface area contributed by atoms with Crippen molar-refractivity contribution in [3.63, 3.8) is 0 Å². The molecule has 0 radical (unpaired) electrons. The van der Waals surface area contributed by atoms with Crippen LogP contribution in [0.5, 0.6) is 0 Å². The zero-order valence-electron chi connectivity index (χ0n) is 12.4. The molecule has 1 aliphatic rings. The molecule has 0 unspecified atom stereocenters. The highest BCUT2D eigenvalue weighted by molar-refractivity contribution is 5.92. The molecule has 116 valence electrons. The van der Waals surface area contributed by atoms with Gasteiger partial charge >= 0.3 is 0 Å². The lowest BCUT2D eigenvalue weighted by molar-refractivity contribution is -0.117. The summed E-state index contributed by atoms with van der Waals surface area (Å²) in [5, 5.41) is 5.78. The van der Waals surface area contributed by atoms with Crippen LogP contribution in [0.25, 0.3) is 0 Å². The molecule has 1 amide bonds. The molecule has 2 N–H and O–H groups in total. The fourth-order valence-corrected chi connectivity index (χ4v) is 2.44. The summed E-state index contributed by atoms with van der Waals surface area (Å²) in [6.45, 7) is 4.02. The van der Waals surface area contributed by atoms with Crippen LogP contribution in [0.2, 0.25) is 0 Å². The molecular formula is C15H21F2N3O. The van der Waals surface area contributed by atoms with E-state index in [1.54, 1.807) is 0 Å². The number of likely N-dealkylation sites (tertiary alicyclic amines) is 1. The Bertz CT molecular complexity index is 514. The Hall–Kier alpha value is -1.53. The molecule has 0 aromatic heterocycles. The number of nitrogens with zero attached hydrogens (tertiary/aromatic N) is 1. The van der Waals surface area contributed by atoms with E-state index in [1.807, 2.05) is 11.9 Å². The minimum atomic E-state index is -0.759. The third kappa shape index (κ3) is 4.22. The molecule has 1 fully saturated rings. The van der Waals surface area contributed by atoms with Gasteiger partial charge in [-0.2, -0.15) is 0 Å². The van der Waals surface area contributed by atoms with Crippen LogP contribution >= 0.6 is 0 Å². The first-order valence-corrected chi connectivity index (χ1v) is 7.08. The lowest BCUT2D eigenvalue weighted by atomic mass is 9.90. The topological polar surface area (TPSA) is 44.4 Å². The number of nitrogens with one attached hydrogen (secondary N) is 2. The first-order valence-electron chi connectivity index (χ1n) is 7.08. The van der Waals surface area contributed by atoms with Gasteiger partial charge in [0.2, 0.25) is 5.91 Å². The molecule has 0 aliphatic carbocycles. The van der Waals surface area contributed by atoms with Crippen LogP contribution in [0.1, 0.15) is 19.8 Å². The van der Waals surface area contributed by atoms with Gasteiger partial charge in [0.1, 0.15) is 11.6 Å². The summed E-state index contributed by atoms with van der Waals surface area (Å²) in [6, 6.07) is 3.11. The van der Waals surface area contributed by atoms with E-state index in [0.29, 0.717) is 0 Å². The molecule has 2 rings (SSSR count). The maximum absolute atomic E-state index is 13.5. The summed E-state index contributed by atoms with van der Waals surface area (Å²) in [5.41, 5.74) is 0.134. The van der Waals surface area contributed by atoms with E-state index in [9.17, 15) is 13.6 Å². The maximum atomic E-state index is 13.5. The maximum Gasteiger partial charge on any atom is 0.238 e. The number of piperidine rings is 1. The normalized spacial score (nSPS) is 18.5. The number of carbonyl (C=O) groups excluding carboxylic acids is 1. The number of hydrogen-bond acceptors (Lipinski definition) is 3. The smallest absolute Gasteiger partial charge is 0.238 e. The third-order valence-corrected chi connectivity index (χ3v) is 4.14. The Morgan fingerprint density at radius 2 is 2.00 bits per heavy atom. The van der Waals surface area contributed by atoms with Crippen LogP contribution in [0.4, 0.5) is 14.5 Å². The van der Waals surface area contributed by atoms with Crippen LogP contribution in [0, 0.1) is 11.6 Å². The SMILES string of the molecule is CNC1(C)CCN(CC(=O)Nc2ccc(F)cc2F)CC1. The van der Waals surface area contributed by atoms with E-state index in [-0.39, 0.29) is 23.7 Å². The zero-order chi connectivity index (χ0) is 15.5. The molecule has 1 aliphatic heterocycles. The van der Waals surface area contributed by atoms with E-state index in [4.69, 9.17) is 0 Å². The molecule has 1 saturated heterocycles. The van der Waals surface area contributed by atoms with Gasteiger partial charge in [0, 0.05) is 24.7 Å². The zero-order valence-corrected chi connectivity index (χ0v) is 12.4. The molecular weight excluding hydrogens is 276 g/mol. The molecule has 4 nitrogen and oxygen atoms in total. The Labute approximate surface area is 123 Å². The Morgan fingerprint density at radius 3 is 2.57 bits per heavy atom. The van der Waals surface area contributed by atoms with Crippen molar-refractivity contribution >= 4 is 11.6 Å². The van der Waals surface area contributed by atoms with Crippen molar-refractivity contribution in [3.05, 3.63) is 29.8 Å². The summed E-state index contributed by atoms with van der Waals surface area (Å²) in [4.78, 5) is 14.0. The van der Waals surface area contributed by atoms with Gasteiger partial charge in [-0.25, -0.2) is 8.78 Å². The highest BCUT2D eigenvalue weighted by Crippen LogP contribution is 2.21. The number of amides is 1. The van der Waals surface area contributed by atoms with Gasteiger partial charge < -0.3 is 10.6 Å².